The Kier molecular flexibility index (Phi) is 6.48. The molecule has 1 rings (SSSR count). The van der Waals surface area contributed by atoms with E-state index in [1.807, 2.05) is 0 Å². The van der Waals surface area contributed by atoms with Gasteiger partial charge in [0.05, 0.1) is 0 Å². The minimum atomic E-state index is 0.627. The van der Waals surface area contributed by atoms with Gasteiger partial charge in [-0.2, -0.15) is 0 Å². The average Bonchev–Trinajstić information content (AvgIpc) is 2.63. The molecule has 2 nitrogen and oxygen atoms in total. The fourth-order valence-electron chi connectivity index (χ4n) is 1.21. The Morgan fingerprint density at radius 3 is 2.87 bits per heavy atom. The zero-order valence-electron chi connectivity index (χ0n) is 9.35. The van der Waals surface area contributed by atoms with Crippen LogP contribution in [0.15, 0.2) is 15.9 Å². The van der Waals surface area contributed by atoms with Crippen LogP contribution in [-0.4, -0.2) is 19.1 Å². The van der Waals surface area contributed by atoms with Crippen LogP contribution in [0.2, 0.25) is 0 Å². The summed E-state index contributed by atoms with van der Waals surface area (Å²) in [6, 6.07) is 2.79. The monoisotopic (exact) mass is 290 g/mol. The molecule has 0 bridgehead atoms. The largest absolute Gasteiger partial charge is 0.313 e. The molecule has 4 heteroatoms. The van der Waals surface area contributed by atoms with Gasteiger partial charge in [-0.25, -0.2) is 0 Å². The quantitative estimate of drug-likeness (QED) is 0.755. The highest BCUT2D eigenvalue weighted by Crippen LogP contribution is 2.19. The van der Waals surface area contributed by atoms with E-state index in [4.69, 9.17) is 0 Å². The molecule has 0 saturated heterocycles. The van der Waals surface area contributed by atoms with Crippen molar-refractivity contribution < 1.29 is 0 Å². The summed E-state index contributed by atoms with van der Waals surface area (Å²) in [6.45, 7) is 7.46. The number of nitrogens with one attached hydrogen (secondary N) is 2. The molecule has 86 valence electrons. The molecule has 0 aromatic carbocycles. The predicted molar refractivity (Wildman–Crippen MR) is 71.5 cm³/mol. The Labute approximate surface area is 105 Å². The highest BCUT2D eigenvalue weighted by Gasteiger charge is 1.98. The maximum Gasteiger partial charge on any atom is 0.0300 e. The number of thiophene rings is 1. The third-order valence-corrected chi connectivity index (χ3v) is 4.03. The molecule has 0 radical (unpaired) electrons. The first-order valence-electron chi connectivity index (χ1n) is 5.39. The van der Waals surface area contributed by atoms with Crippen molar-refractivity contribution in [3.05, 3.63) is 20.8 Å². The van der Waals surface area contributed by atoms with Crippen LogP contribution in [0, 0.1) is 0 Å². The molecular formula is C11H19BrN2S. The van der Waals surface area contributed by atoms with E-state index >= 15 is 0 Å². The fourth-order valence-corrected chi connectivity index (χ4v) is 2.63. The van der Waals surface area contributed by atoms with Gasteiger partial charge >= 0.3 is 0 Å². The topological polar surface area (TPSA) is 24.1 Å². The SMILES string of the molecule is CCC(C)NCCNCc1cc(Br)cs1. The molecule has 1 aromatic heterocycles. The van der Waals surface area contributed by atoms with Gasteiger partial charge in [0.25, 0.3) is 0 Å². The second-order valence-corrected chi connectivity index (χ2v) is 5.58. The standard InChI is InChI=1S/C11H19BrN2S/c1-3-9(2)14-5-4-13-7-11-6-10(12)8-15-11/h6,8-9,13-14H,3-5,7H2,1-2H3. The lowest BCUT2D eigenvalue weighted by Gasteiger charge is -2.11. The number of halogens is 1. The molecule has 0 aliphatic heterocycles. The van der Waals surface area contributed by atoms with Crippen LogP contribution >= 0.6 is 27.3 Å². The van der Waals surface area contributed by atoms with Gasteiger partial charge in [0.1, 0.15) is 0 Å². The van der Waals surface area contributed by atoms with Gasteiger partial charge in [-0.15, -0.1) is 11.3 Å². The Morgan fingerprint density at radius 1 is 1.47 bits per heavy atom. The van der Waals surface area contributed by atoms with E-state index in [1.165, 1.54) is 15.8 Å². The van der Waals surface area contributed by atoms with E-state index in [-0.39, 0.29) is 0 Å². The second-order valence-electron chi connectivity index (χ2n) is 3.67. The summed E-state index contributed by atoms with van der Waals surface area (Å²) in [5, 5.41) is 9.00. The van der Waals surface area contributed by atoms with E-state index in [0.717, 1.165) is 19.6 Å². The van der Waals surface area contributed by atoms with E-state index < -0.39 is 0 Å². The first-order valence-corrected chi connectivity index (χ1v) is 7.06. The van der Waals surface area contributed by atoms with Crippen molar-refractivity contribution in [2.45, 2.75) is 32.9 Å². The van der Waals surface area contributed by atoms with Crippen molar-refractivity contribution in [2.24, 2.45) is 0 Å². The van der Waals surface area contributed by atoms with Crippen molar-refractivity contribution in [2.75, 3.05) is 13.1 Å². The fraction of sp³-hybridized carbons (Fsp3) is 0.636. The Morgan fingerprint density at radius 2 is 2.27 bits per heavy atom. The summed E-state index contributed by atoms with van der Waals surface area (Å²) in [6.07, 6.45) is 1.19. The van der Waals surface area contributed by atoms with E-state index in [2.05, 4.69) is 51.9 Å². The minimum Gasteiger partial charge on any atom is -0.313 e. The Balaban J connectivity index is 2.02. The van der Waals surface area contributed by atoms with Crippen LogP contribution in [0.4, 0.5) is 0 Å². The molecule has 1 heterocycles. The summed E-state index contributed by atoms with van der Waals surface area (Å²) in [5.74, 6) is 0. The van der Waals surface area contributed by atoms with Gasteiger partial charge < -0.3 is 10.6 Å². The molecule has 0 spiro atoms. The smallest absolute Gasteiger partial charge is 0.0300 e. The molecule has 1 unspecified atom stereocenters. The lowest BCUT2D eigenvalue weighted by atomic mass is 10.2. The first kappa shape index (κ1) is 13.2. The van der Waals surface area contributed by atoms with Crippen molar-refractivity contribution in [3.63, 3.8) is 0 Å². The summed E-state index contributed by atoms with van der Waals surface area (Å²) < 4.78 is 1.18. The summed E-state index contributed by atoms with van der Waals surface area (Å²) in [7, 11) is 0. The number of rotatable bonds is 7. The van der Waals surface area contributed by atoms with Crippen LogP contribution < -0.4 is 10.6 Å². The predicted octanol–water partition coefficient (Wildman–Crippen LogP) is 2.99. The summed E-state index contributed by atoms with van der Waals surface area (Å²) in [5.41, 5.74) is 0. The van der Waals surface area contributed by atoms with Crippen molar-refractivity contribution in [1.29, 1.82) is 0 Å². The van der Waals surface area contributed by atoms with E-state index in [0.29, 0.717) is 6.04 Å². The maximum atomic E-state index is 3.46. The molecule has 0 saturated carbocycles. The lowest BCUT2D eigenvalue weighted by molar-refractivity contribution is 0.518. The first-order chi connectivity index (χ1) is 7.22. The van der Waals surface area contributed by atoms with Crippen LogP contribution in [0.25, 0.3) is 0 Å². The summed E-state index contributed by atoms with van der Waals surface area (Å²) >= 11 is 5.24. The number of hydrogen-bond acceptors (Lipinski definition) is 3. The molecular weight excluding hydrogens is 272 g/mol. The number of hydrogen-bond donors (Lipinski definition) is 2. The third-order valence-electron chi connectivity index (χ3n) is 2.33. The second kappa shape index (κ2) is 7.39. The zero-order chi connectivity index (χ0) is 11.1. The molecule has 15 heavy (non-hydrogen) atoms. The molecule has 1 aromatic rings. The van der Waals surface area contributed by atoms with Gasteiger partial charge in [0.15, 0.2) is 0 Å². The lowest BCUT2D eigenvalue weighted by Crippen LogP contribution is -2.32. The third kappa shape index (κ3) is 5.66. The van der Waals surface area contributed by atoms with Gasteiger partial charge in [-0.3, -0.25) is 0 Å². The van der Waals surface area contributed by atoms with Crippen molar-refractivity contribution in [3.8, 4) is 0 Å². The molecule has 1 atom stereocenters. The van der Waals surface area contributed by atoms with E-state index in [9.17, 15) is 0 Å². The van der Waals surface area contributed by atoms with E-state index in [1.54, 1.807) is 11.3 Å². The van der Waals surface area contributed by atoms with Crippen LogP contribution in [0.5, 0.6) is 0 Å². The molecule has 2 N–H and O–H groups in total. The maximum absolute atomic E-state index is 3.46. The van der Waals surface area contributed by atoms with Crippen molar-refractivity contribution in [1.82, 2.24) is 10.6 Å². The molecule has 0 aliphatic carbocycles. The van der Waals surface area contributed by atoms with Crippen LogP contribution in [0.1, 0.15) is 25.1 Å². The van der Waals surface area contributed by atoms with Gasteiger partial charge in [-0.05, 0) is 35.3 Å². The molecule has 0 aliphatic rings. The molecule has 0 amide bonds. The van der Waals surface area contributed by atoms with Crippen molar-refractivity contribution >= 4 is 27.3 Å². The van der Waals surface area contributed by atoms with Gasteiger partial charge in [0.2, 0.25) is 0 Å². The van der Waals surface area contributed by atoms with Gasteiger partial charge in [0, 0.05) is 40.4 Å². The minimum absolute atomic E-state index is 0.627. The highest BCUT2D eigenvalue weighted by atomic mass is 79.9. The highest BCUT2D eigenvalue weighted by molar-refractivity contribution is 9.10. The normalized spacial score (nSPS) is 13.0. The Hall–Kier alpha value is 0.1000. The van der Waals surface area contributed by atoms with Gasteiger partial charge in [-0.1, -0.05) is 6.92 Å². The molecule has 0 fully saturated rings. The van der Waals surface area contributed by atoms with Crippen LogP contribution in [-0.2, 0) is 6.54 Å². The average molecular weight is 291 g/mol. The Bertz CT molecular complexity index is 275. The summed E-state index contributed by atoms with van der Waals surface area (Å²) in [4.78, 5) is 1.38. The zero-order valence-corrected chi connectivity index (χ0v) is 11.7. The van der Waals surface area contributed by atoms with Crippen LogP contribution in [0.3, 0.4) is 0 Å².